The van der Waals surface area contributed by atoms with Gasteiger partial charge in [-0.25, -0.2) is 0 Å². The molecule has 0 unspecified atom stereocenters. The number of hydrogen-bond acceptors (Lipinski definition) is 2. The number of rotatable bonds is 5. The Morgan fingerprint density at radius 3 is 2.30 bits per heavy atom. The van der Waals surface area contributed by atoms with E-state index in [-0.39, 0.29) is 0 Å². The summed E-state index contributed by atoms with van der Waals surface area (Å²) in [6.45, 7) is 4.47. The molecule has 0 bridgehead atoms. The Bertz CT molecular complexity index is 578. The Kier molecular flexibility index (Phi) is 3.88. The molecule has 0 aliphatic carbocycles. The molecule has 2 aromatic rings. The molecule has 3 nitrogen and oxygen atoms in total. The van der Waals surface area contributed by atoms with Gasteiger partial charge < -0.3 is 14.8 Å². The van der Waals surface area contributed by atoms with E-state index in [4.69, 9.17) is 9.47 Å². The molecule has 0 fully saturated rings. The molecule has 20 heavy (non-hydrogen) atoms. The van der Waals surface area contributed by atoms with Gasteiger partial charge in [0, 0.05) is 11.1 Å². The normalized spacial score (nSPS) is 12.7. The zero-order valence-electron chi connectivity index (χ0n) is 11.8. The van der Waals surface area contributed by atoms with E-state index in [1.165, 1.54) is 16.7 Å². The summed E-state index contributed by atoms with van der Waals surface area (Å²) in [5.74, 6) is 1.71. The fourth-order valence-corrected chi connectivity index (χ4v) is 2.38. The van der Waals surface area contributed by atoms with E-state index in [0.29, 0.717) is 6.79 Å². The zero-order valence-corrected chi connectivity index (χ0v) is 11.8. The van der Waals surface area contributed by atoms with Gasteiger partial charge in [0.15, 0.2) is 11.5 Å². The van der Waals surface area contributed by atoms with Crippen molar-refractivity contribution in [3.05, 3.63) is 59.2 Å². The molecule has 1 aliphatic heterocycles. The molecule has 3 heteroatoms. The summed E-state index contributed by atoms with van der Waals surface area (Å²) in [4.78, 5) is 0. The molecule has 0 radical (unpaired) electrons. The van der Waals surface area contributed by atoms with E-state index in [9.17, 15) is 0 Å². The van der Waals surface area contributed by atoms with Crippen LogP contribution in [-0.2, 0) is 19.5 Å². The summed E-state index contributed by atoms with van der Waals surface area (Å²) in [6, 6.07) is 15.0. The van der Waals surface area contributed by atoms with E-state index in [0.717, 1.165) is 31.0 Å². The first-order valence-electron chi connectivity index (χ1n) is 7.13. The van der Waals surface area contributed by atoms with Crippen molar-refractivity contribution in [1.29, 1.82) is 0 Å². The lowest BCUT2D eigenvalue weighted by Gasteiger charge is -2.04. The molecular formula is C17H20NO2+. The molecule has 0 aromatic heterocycles. The van der Waals surface area contributed by atoms with Gasteiger partial charge in [-0.3, -0.25) is 0 Å². The van der Waals surface area contributed by atoms with Gasteiger partial charge >= 0.3 is 0 Å². The third kappa shape index (κ3) is 2.94. The number of fused-ring (bicyclic) bond motifs is 1. The van der Waals surface area contributed by atoms with Crippen LogP contribution in [0.15, 0.2) is 42.5 Å². The molecule has 0 amide bonds. The minimum atomic E-state index is 0.340. The Hall–Kier alpha value is -2.00. The van der Waals surface area contributed by atoms with Crippen molar-refractivity contribution in [2.45, 2.75) is 26.4 Å². The van der Waals surface area contributed by atoms with Crippen LogP contribution in [0.1, 0.15) is 23.6 Å². The van der Waals surface area contributed by atoms with Crippen molar-refractivity contribution in [2.75, 3.05) is 6.79 Å². The van der Waals surface area contributed by atoms with Crippen molar-refractivity contribution < 1.29 is 14.8 Å². The molecule has 0 spiro atoms. The first kappa shape index (κ1) is 13.0. The van der Waals surface area contributed by atoms with Crippen LogP contribution in [0.3, 0.4) is 0 Å². The van der Waals surface area contributed by atoms with E-state index >= 15 is 0 Å². The van der Waals surface area contributed by atoms with E-state index in [1.807, 2.05) is 6.07 Å². The molecular weight excluding hydrogens is 250 g/mol. The minimum absolute atomic E-state index is 0.340. The summed E-state index contributed by atoms with van der Waals surface area (Å²) in [5.41, 5.74) is 4.02. The second kappa shape index (κ2) is 5.97. The molecule has 0 saturated carbocycles. The molecule has 104 valence electrons. The molecule has 2 N–H and O–H groups in total. The van der Waals surface area contributed by atoms with Gasteiger partial charge in [0.05, 0.1) is 0 Å². The van der Waals surface area contributed by atoms with Crippen LogP contribution in [0.2, 0.25) is 0 Å². The SMILES string of the molecule is CCc1ccc(C[NH2+]Cc2ccc3c(c2)OCO3)cc1. The number of benzene rings is 2. The molecule has 0 saturated heterocycles. The van der Waals surface area contributed by atoms with E-state index in [1.54, 1.807) is 0 Å². The van der Waals surface area contributed by atoms with Gasteiger partial charge in [-0.2, -0.15) is 0 Å². The van der Waals surface area contributed by atoms with Crippen LogP contribution in [0.25, 0.3) is 0 Å². The van der Waals surface area contributed by atoms with Crippen LogP contribution in [0.4, 0.5) is 0 Å². The summed E-state index contributed by atoms with van der Waals surface area (Å²) in [7, 11) is 0. The highest BCUT2D eigenvalue weighted by Gasteiger charge is 2.13. The van der Waals surface area contributed by atoms with Gasteiger partial charge in [0.1, 0.15) is 13.1 Å². The van der Waals surface area contributed by atoms with Gasteiger partial charge in [0.25, 0.3) is 0 Å². The molecule has 1 heterocycles. The lowest BCUT2D eigenvalue weighted by atomic mass is 10.1. The van der Waals surface area contributed by atoms with Crippen LogP contribution < -0.4 is 14.8 Å². The smallest absolute Gasteiger partial charge is 0.231 e. The topological polar surface area (TPSA) is 35.1 Å². The molecule has 3 rings (SSSR count). The number of nitrogens with two attached hydrogens (primary N) is 1. The zero-order chi connectivity index (χ0) is 13.8. The predicted molar refractivity (Wildman–Crippen MR) is 77.7 cm³/mol. The second-order valence-corrected chi connectivity index (χ2v) is 5.05. The molecule has 0 atom stereocenters. The second-order valence-electron chi connectivity index (χ2n) is 5.05. The van der Waals surface area contributed by atoms with Crippen LogP contribution in [0, 0.1) is 0 Å². The number of hydrogen-bond donors (Lipinski definition) is 1. The summed E-state index contributed by atoms with van der Waals surface area (Å²) < 4.78 is 10.7. The highest BCUT2D eigenvalue weighted by molar-refractivity contribution is 5.44. The lowest BCUT2D eigenvalue weighted by molar-refractivity contribution is -0.686. The van der Waals surface area contributed by atoms with Gasteiger partial charge in [-0.1, -0.05) is 31.2 Å². The van der Waals surface area contributed by atoms with Crippen molar-refractivity contribution >= 4 is 0 Å². The first-order valence-corrected chi connectivity index (χ1v) is 7.13. The Labute approximate surface area is 119 Å². The van der Waals surface area contributed by atoms with Crippen molar-refractivity contribution in [1.82, 2.24) is 0 Å². The maximum Gasteiger partial charge on any atom is 0.231 e. The monoisotopic (exact) mass is 270 g/mol. The van der Waals surface area contributed by atoms with Crippen LogP contribution >= 0.6 is 0 Å². The predicted octanol–water partition coefficient (Wildman–Crippen LogP) is 2.24. The lowest BCUT2D eigenvalue weighted by Crippen LogP contribution is -2.80. The summed E-state index contributed by atoms with van der Waals surface area (Å²) in [5, 5.41) is 2.30. The van der Waals surface area contributed by atoms with Crippen LogP contribution in [-0.4, -0.2) is 6.79 Å². The average molecular weight is 270 g/mol. The van der Waals surface area contributed by atoms with E-state index in [2.05, 4.69) is 48.6 Å². The largest absolute Gasteiger partial charge is 0.454 e. The Balaban J connectivity index is 1.54. The Morgan fingerprint density at radius 2 is 1.50 bits per heavy atom. The molecule has 2 aromatic carbocycles. The van der Waals surface area contributed by atoms with Crippen molar-refractivity contribution in [3.8, 4) is 11.5 Å². The van der Waals surface area contributed by atoms with Crippen molar-refractivity contribution in [2.24, 2.45) is 0 Å². The van der Waals surface area contributed by atoms with Gasteiger partial charge in [-0.05, 0) is 30.2 Å². The van der Waals surface area contributed by atoms with Gasteiger partial charge in [-0.15, -0.1) is 0 Å². The highest BCUT2D eigenvalue weighted by Crippen LogP contribution is 2.32. The standard InChI is InChI=1S/C17H19NO2/c1-2-13-3-5-14(6-4-13)10-18-11-15-7-8-16-17(9-15)20-12-19-16/h3-9,18H,2,10-12H2,1H3/p+1. The third-order valence-electron chi connectivity index (χ3n) is 3.63. The maximum absolute atomic E-state index is 5.39. The number of aryl methyl sites for hydroxylation is 1. The highest BCUT2D eigenvalue weighted by atomic mass is 16.7. The third-order valence-corrected chi connectivity index (χ3v) is 3.63. The molecule has 1 aliphatic rings. The quantitative estimate of drug-likeness (QED) is 0.904. The average Bonchev–Trinajstić information content (AvgIpc) is 2.95. The fourth-order valence-electron chi connectivity index (χ4n) is 2.38. The minimum Gasteiger partial charge on any atom is -0.454 e. The number of ether oxygens (including phenoxy) is 2. The number of quaternary nitrogens is 1. The first-order chi connectivity index (χ1) is 9.85. The summed E-state index contributed by atoms with van der Waals surface area (Å²) >= 11 is 0. The maximum atomic E-state index is 5.39. The Morgan fingerprint density at radius 1 is 0.850 bits per heavy atom. The van der Waals surface area contributed by atoms with Crippen molar-refractivity contribution in [3.63, 3.8) is 0 Å². The van der Waals surface area contributed by atoms with Crippen LogP contribution in [0.5, 0.6) is 11.5 Å². The fraction of sp³-hybridized carbons (Fsp3) is 0.294. The van der Waals surface area contributed by atoms with E-state index < -0.39 is 0 Å². The summed E-state index contributed by atoms with van der Waals surface area (Å²) in [6.07, 6.45) is 1.10. The van der Waals surface area contributed by atoms with Gasteiger partial charge in [0.2, 0.25) is 6.79 Å².